The van der Waals surface area contributed by atoms with Crippen molar-refractivity contribution in [2.24, 2.45) is 0 Å². The summed E-state index contributed by atoms with van der Waals surface area (Å²) in [5.74, 6) is 0.438. The van der Waals surface area contributed by atoms with Crippen molar-refractivity contribution >= 4 is 29.3 Å². The molecule has 0 spiro atoms. The van der Waals surface area contributed by atoms with Crippen molar-refractivity contribution in [2.45, 2.75) is 75.3 Å². The lowest BCUT2D eigenvalue weighted by Gasteiger charge is -2.36. The van der Waals surface area contributed by atoms with Crippen LogP contribution in [0.2, 0.25) is 0 Å². The van der Waals surface area contributed by atoms with Crippen LogP contribution in [0.3, 0.4) is 0 Å². The number of hydrogen-bond acceptors (Lipinski definition) is 8. The predicted molar refractivity (Wildman–Crippen MR) is 197 cm³/mol. The lowest BCUT2D eigenvalue weighted by Crippen LogP contribution is -2.31. The van der Waals surface area contributed by atoms with Gasteiger partial charge in [0, 0.05) is 47.4 Å². The number of aromatic nitrogens is 1. The molecule has 3 N–H and O–H groups in total. The maximum Gasteiger partial charge on any atom is 0.303 e. The zero-order chi connectivity index (χ0) is 35.4. The fraction of sp³-hybridized carbons (Fsp3) is 0.293. The number of oxazole rings is 1. The second-order valence-corrected chi connectivity index (χ2v) is 13.5. The second-order valence-electron chi connectivity index (χ2n) is 12.5. The van der Waals surface area contributed by atoms with Crippen molar-refractivity contribution in [3.8, 4) is 22.6 Å². The van der Waals surface area contributed by atoms with Crippen molar-refractivity contribution < 1.29 is 33.7 Å². The summed E-state index contributed by atoms with van der Waals surface area (Å²) >= 11 is 1.51. The van der Waals surface area contributed by atoms with Crippen LogP contribution in [0, 0.1) is 0 Å². The Kier molecular flexibility index (Phi) is 12.7. The number of thioether (sulfide) groups is 1. The van der Waals surface area contributed by atoms with Crippen LogP contribution < -0.4 is 5.32 Å². The molecular weight excluding hydrogens is 665 g/mol. The molecule has 1 aliphatic rings. The van der Waals surface area contributed by atoms with E-state index in [4.69, 9.17) is 24.0 Å². The quantitative estimate of drug-likeness (QED) is 0.0679. The van der Waals surface area contributed by atoms with Gasteiger partial charge in [0.2, 0.25) is 5.91 Å². The smallest absolute Gasteiger partial charge is 0.303 e. The molecule has 6 rings (SSSR count). The van der Waals surface area contributed by atoms with Crippen LogP contribution in [0.4, 0.5) is 5.69 Å². The van der Waals surface area contributed by atoms with E-state index in [1.54, 1.807) is 0 Å². The molecular formula is C41H42N2O7S. The number of nitrogens with one attached hydrogen (secondary N) is 1. The standard InChI is InChI=1S/C41H42N2O7S/c44-26-28-17-19-29(20-18-28)35-25-34(27-51-41-43-38(30-11-5-3-6-12-30)39(50-41)31-13-7-4-8-14-31)48-40(49-35)32-21-23-33(24-22-32)42-36(45)15-9-1-2-10-16-37(46)47/h3-8,11-14,17-24,34-35,40,44H,1-2,9-10,15-16,25-27H2,(H,42,45)(H,46,47)/t34-,35+,40+/m1/s1. The third kappa shape index (κ3) is 10.2. The fourth-order valence-electron chi connectivity index (χ4n) is 5.99. The molecule has 9 nitrogen and oxygen atoms in total. The van der Waals surface area contributed by atoms with E-state index in [0.717, 1.165) is 52.1 Å². The first-order valence-electron chi connectivity index (χ1n) is 17.3. The number of unbranched alkanes of at least 4 members (excludes halogenated alkanes) is 3. The van der Waals surface area contributed by atoms with Crippen molar-refractivity contribution in [1.29, 1.82) is 0 Å². The highest BCUT2D eigenvalue weighted by Crippen LogP contribution is 2.41. The molecule has 0 radical (unpaired) electrons. The molecule has 1 saturated heterocycles. The summed E-state index contributed by atoms with van der Waals surface area (Å²) in [5.41, 5.74) is 6.06. The van der Waals surface area contributed by atoms with Gasteiger partial charge in [0.25, 0.3) is 5.22 Å². The number of amides is 1. The van der Waals surface area contributed by atoms with Gasteiger partial charge in [-0.1, -0.05) is 122 Å². The zero-order valence-corrected chi connectivity index (χ0v) is 29.1. The number of aliphatic carboxylic acids is 1. The van der Waals surface area contributed by atoms with Gasteiger partial charge in [-0.3, -0.25) is 9.59 Å². The van der Waals surface area contributed by atoms with Gasteiger partial charge >= 0.3 is 5.97 Å². The number of anilines is 1. The number of aliphatic hydroxyl groups excluding tert-OH is 1. The van der Waals surface area contributed by atoms with Crippen LogP contribution in [0.25, 0.3) is 22.6 Å². The van der Waals surface area contributed by atoms with E-state index < -0.39 is 12.3 Å². The molecule has 3 atom stereocenters. The Bertz CT molecular complexity index is 1790. The summed E-state index contributed by atoms with van der Waals surface area (Å²) in [6, 6.07) is 35.3. The molecule has 1 fully saturated rings. The molecule has 264 valence electrons. The average Bonchev–Trinajstić information content (AvgIpc) is 3.61. The number of carboxylic acid groups (broad SMARTS) is 1. The molecule has 51 heavy (non-hydrogen) atoms. The van der Waals surface area contributed by atoms with Gasteiger partial charge in [-0.25, -0.2) is 4.98 Å². The minimum absolute atomic E-state index is 0.0292. The Balaban J connectivity index is 1.13. The monoisotopic (exact) mass is 706 g/mol. The number of carboxylic acids is 1. The van der Waals surface area contributed by atoms with Crippen LogP contribution >= 0.6 is 11.8 Å². The number of rotatable bonds is 16. The van der Waals surface area contributed by atoms with Gasteiger partial charge < -0.3 is 29.4 Å². The van der Waals surface area contributed by atoms with Gasteiger partial charge in [-0.05, 0) is 36.1 Å². The summed E-state index contributed by atoms with van der Waals surface area (Å²) in [6.45, 7) is -0.0292. The van der Waals surface area contributed by atoms with Gasteiger partial charge in [0.1, 0.15) is 5.69 Å². The highest BCUT2D eigenvalue weighted by molar-refractivity contribution is 7.99. The Hall–Kier alpha value is -4.74. The molecule has 0 aliphatic carbocycles. The van der Waals surface area contributed by atoms with Crippen molar-refractivity contribution in [2.75, 3.05) is 11.1 Å². The number of carbonyl (C=O) groups is 2. The lowest BCUT2D eigenvalue weighted by molar-refractivity contribution is -0.245. The largest absolute Gasteiger partial charge is 0.481 e. The summed E-state index contributed by atoms with van der Waals surface area (Å²) in [7, 11) is 0. The molecule has 1 amide bonds. The van der Waals surface area contributed by atoms with Gasteiger partial charge in [-0.2, -0.15) is 0 Å². The van der Waals surface area contributed by atoms with Crippen LogP contribution in [0.1, 0.15) is 74.0 Å². The van der Waals surface area contributed by atoms with Gasteiger partial charge in [0.05, 0.1) is 18.8 Å². The molecule has 0 unspecified atom stereocenters. The maximum absolute atomic E-state index is 12.5. The van der Waals surface area contributed by atoms with E-state index in [1.165, 1.54) is 11.8 Å². The van der Waals surface area contributed by atoms with E-state index in [1.807, 2.05) is 109 Å². The minimum atomic E-state index is -0.789. The molecule has 5 aromatic rings. The number of ether oxygens (including phenoxy) is 2. The summed E-state index contributed by atoms with van der Waals surface area (Å²) in [4.78, 5) is 28.1. The number of carbonyl (C=O) groups excluding carboxylic acids is 1. The Morgan fingerprint density at radius 3 is 2.08 bits per heavy atom. The van der Waals surface area contributed by atoms with Crippen LogP contribution in [-0.2, 0) is 25.7 Å². The fourth-order valence-corrected chi connectivity index (χ4v) is 6.83. The van der Waals surface area contributed by atoms with Crippen molar-refractivity contribution in [3.63, 3.8) is 0 Å². The lowest BCUT2D eigenvalue weighted by atomic mass is 10.0. The zero-order valence-electron chi connectivity index (χ0n) is 28.3. The van der Waals surface area contributed by atoms with Crippen LogP contribution in [-0.4, -0.2) is 38.9 Å². The first-order chi connectivity index (χ1) is 24.9. The molecule has 0 bridgehead atoms. The molecule has 1 aliphatic heterocycles. The first kappa shape index (κ1) is 36.1. The maximum atomic E-state index is 12.5. The van der Waals surface area contributed by atoms with Crippen molar-refractivity contribution in [1.82, 2.24) is 4.98 Å². The molecule has 1 aromatic heterocycles. The predicted octanol–water partition coefficient (Wildman–Crippen LogP) is 9.20. The van der Waals surface area contributed by atoms with E-state index in [0.29, 0.717) is 42.3 Å². The molecule has 10 heteroatoms. The van der Waals surface area contributed by atoms with Gasteiger partial charge in [-0.15, -0.1) is 0 Å². The summed E-state index contributed by atoms with van der Waals surface area (Å²) in [5, 5.41) is 21.8. The molecule has 0 saturated carbocycles. The topological polar surface area (TPSA) is 131 Å². The summed E-state index contributed by atoms with van der Waals surface area (Å²) < 4.78 is 19.4. The highest BCUT2D eigenvalue weighted by Gasteiger charge is 2.33. The van der Waals surface area contributed by atoms with E-state index >= 15 is 0 Å². The van der Waals surface area contributed by atoms with Crippen LogP contribution in [0.15, 0.2) is 119 Å². The minimum Gasteiger partial charge on any atom is -0.481 e. The third-order valence-corrected chi connectivity index (χ3v) is 9.67. The van der Waals surface area contributed by atoms with Crippen molar-refractivity contribution in [3.05, 3.63) is 126 Å². The summed E-state index contributed by atoms with van der Waals surface area (Å²) in [6.07, 6.45) is 3.01. The second kappa shape index (κ2) is 18.0. The molecule has 4 aromatic carbocycles. The Morgan fingerprint density at radius 2 is 1.41 bits per heavy atom. The number of nitrogens with zero attached hydrogens (tertiary/aromatic N) is 1. The van der Waals surface area contributed by atoms with E-state index in [-0.39, 0.29) is 31.1 Å². The highest BCUT2D eigenvalue weighted by atomic mass is 32.2. The Labute approximate surface area is 302 Å². The van der Waals surface area contributed by atoms with Gasteiger partial charge in [0.15, 0.2) is 12.1 Å². The van der Waals surface area contributed by atoms with Crippen LogP contribution in [0.5, 0.6) is 0 Å². The third-order valence-electron chi connectivity index (χ3n) is 8.71. The normalized spacial score (nSPS) is 17.2. The first-order valence-corrected chi connectivity index (χ1v) is 18.3. The van der Waals surface area contributed by atoms with E-state index in [9.17, 15) is 14.7 Å². The number of hydrogen-bond donors (Lipinski definition) is 3. The van der Waals surface area contributed by atoms with E-state index in [2.05, 4.69) is 5.32 Å². The SMILES string of the molecule is O=C(O)CCCCCCC(=O)Nc1ccc([C@H]2O[C@@H](CSc3nc(-c4ccccc4)c(-c4ccccc4)o3)C[C@@H](c3ccc(CO)cc3)O2)cc1. The number of aliphatic hydroxyl groups is 1. The Morgan fingerprint density at radius 1 is 0.765 bits per heavy atom. The average molecular weight is 707 g/mol. The molecule has 2 heterocycles. The number of benzene rings is 4.